The maximum absolute atomic E-state index is 13.5. The largest absolute Gasteiger partial charge is 0.484 e. The summed E-state index contributed by atoms with van der Waals surface area (Å²) in [5.74, 6) is -6.66. The molecule has 0 radical (unpaired) electrons. The van der Waals surface area contributed by atoms with Crippen LogP contribution in [0, 0.1) is 23.2 Å². The van der Waals surface area contributed by atoms with Crippen LogP contribution in [0.15, 0.2) is 30.3 Å². The van der Waals surface area contributed by atoms with Gasteiger partial charge in [-0.15, -0.1) is 0 Å². The van der Waals surface area contributed by atoms with Gasteiger partial charge in [-0.25, -0.2) is 0 Å². The first-order valence-corrected chi connectivity index (χ1v) is 13.7. The molecule has 12 heteroatoms. The fraction of sp³-hybridized carbons (Fsp3) is 0.586. The summed E-state index contributed by atoms with van der Waals surface area (Å²) in [5.41, 5.74) is 3.59. The van der Waals surface area contributed by atoms with Gasteiger partial charge in [-0.1, -0.05) is 45.9 Å². The van der Waals surface area contributed by atoms with Gasteiger partial charge in [-0.3, -0.25) is 34.1 Å². The number of benzene rings is 1. The number of hydrogen-bond donors (Lipinski definition) is 5. The van der Waals surface area contributed by atoms with E-state index < -0.39 is 90.6 Å². The van der Waals surface area contributed by atoms with Gasteiger partial charge in [-0.2, -0.15) is 0 Å². The van der Waals surface area contributed by atoms with Crippen molar-refractivity contribution in [2.45, 2.75) is 78.0 Å². The average Bonchev–Trinajstić information content (AvgIpc) is 3.13. The van der Waals surface area contributed by atoms with Crippen LogP contribution in [0.4, 0.5) is 0 Å². The molecular formula is C29H41N3O9. The normalized spacial score (nSPS) is 20.9. The van der Waals surface area contributed by atoms with Crippen molar-refractivity contribution >= 4 is 35.3 Å². The molecule has 5 atom stereocenters. The van der Waals surface area contributed by atoms with Crippen LogP contribution in [0.2, 0.25) is 0 Å². The second-order valence-corrected chi connectivity index (χ2v) is 11.3. The lowest BCUT2D eigenvalue weighted by Crippen LogP contribution is -2.54. The number of carboxylic acid groups (broad SMARTS) is 1. The van der Waals surface area contributed by atoms with Crippen LogP contribution in [0.25, 0.3) is 0 Å². The number of nitrogens with two attached hydrogens (primary N) is 1. The number of hydrogen-bond acceptors (Lipinski definition) is 9. The number of amides is 3. The molecule has 41 heavy (non-hydrogen) atoms. The van der Waals surface area contributed by atoms with Crippen molar-refractivity contribution in [2.75, 3.05) is 6.61 Å². The van der Waals surface area contributed by atoms with Crippen LogP contribution in [0.3, 0.4) is 0 Å². The number of imide groups is 1. The molecule has 12 nitrogen and oxygen atoms in total. The van der Waals surface area contributed by atoms with Gasteiger partial charge < -0.3 is 26.0 Å². The standard InChI is InChI=1S/C29H41N3O9/c1-16(2)12-20(30)22(33)13-19(17(3)4)27(39)32-28(40)29(11-10-25(36)37)23(34)14-21(26(29)38)31-24(35)15-41-18-8-6-5-7-9-18/h5-9,16-17,19-22,33H,10-15,30H2,1-4H3,(H,31,35)(H,36,37)(H,32,39,40)/t19?,20-,21-,22-,29-/m0/s1. The zero-order valence-electron chi connectivity index (χ0n) is 23.9. The highest BCUT2D eigenvalue weighted by Gasteiger charge is 2.60. The molecule has 0 bridgehead atoms. The Bertz CT molecular complexity index is 1120. The number of carboxylic acids is 1. The number of carbonyl (C=O) groups excluding carboxylic acids is 5. The van der Waals surface area contributed by atoms with E-state index in [0.29, 0.717) is 12.2 Å². The van der Waals surface area contributed by atoms with E-state index in [0.717, 1.165) is 0 Å². The summed E-state index contributed by atoms with van der Waals surface area (Å²) in [6, 6.07) is 6.40. The van der Waals surface area contributed by atoms with E-state index >= 15 is 0 Å². The maximum atomic E-state index is 13.5. The quantitative estimate of drug-likeness (QED) is 0.188. The fourth-order valence-electron chi connectivity index (χ4n) is 4.94. The summed E-state index contributed by atoms with van der Waals surface area (Å²) in [6.07, 6.45) is -2.52. The van der Waals surface area contributed by atoms with Crippen LogP contribution in [0.1, 0.15) is 59.8 Å². The lowest BCUT2D eigenvalue weighted by Gasteiger charge is -2.29. The van der Waals surface area contributed by atoms with E-state index in [2.05, 4.69) is 10.6 Å². The molecule has 0 heterocycles. The average molecular weight is 576 g/mol. The van der Waals surface area contributed by atoms with Crippen molar-refractivity contribution in [1.82, 2.24) is 10.6 Å². The number of carbonyl (C=O) groups is 6. The van der Waals surface area contributed by atoms with Gasteiger partial charge in [0.15, 0.2) is 23.6 Å². The SMILES string of the molecule is CC(C)C[C@H](N)[C@@H](O)CC(C(=O)NC(=O)[C@@]1(CCC(=O)O)C(=O)C[C@H](NC(=O)COc2ccccc2)C1=O)C(C)C. The minimum absolute atomic E-state index is 0.0607. The molecule has 0 aliphatic heterocycles. The van der Waals surface area contributed by atoms with E-state index in [-0.39, 0.29) is 18.3 Å². The lowest BCUT2D eigenvalue weighted by atomic mass is 9.78. The number of ether oxygens (including phenoxy) is 1. The van der Waals surface area contributed by atoms with Crippen molar-refractivity contribution in [3.05, 3.63) is 30.3 Å². The minimum atomic E-state index is -2.47. The highest BCUT2D eigenvalue weighted by molar-refractivity contribution is 6.31. The number of aliphatic carboxylic acids is 1. The third-order valence-corrected chi connectivity index (χ3v) is 7.26. The van der Waals surface area contributed by atoms with Crippen molar-refractivity contribution < 1.29 is 43.7 Å². The first-order valence-electron chi connectivity index (χ1n) is 13.7. The Morgan fingerprint density at radius 1 is 1.07 bits per heavy atom. The molecule has 1 fully saturated rings. The Balaban J connectivity index is 2.20. The molecule has 3 amide bonds. The van der Waals surface area contributed by atoms with Crippen LogP contribution >= 0.6 is 0 Å². The van der Waals surface area contributed by atoms with Crippen molar-refractivity contribution in [3.8, 4) is 5.75 Å². The predicted molar refractivity (Wildman–Crippen MR) is 147 cm³/mol. The highest BCUT2D eigenvalue weighted by atomic mass is 16.5. The van der Waals surface area contributed by atoms with Gasteiger partial charge in [0.25, 0.3) is 5.91 Å². The van der Waals surface area contributed by atoms with Crippen LogP contribution in [-0.2, 0) is 28.8 Å². The summed E-state index contributed by atoms with van der Waals surface area (Å²) >= 11 is 0. The van der Waals surface area contributed by atoms with Gasteiger partial charge in [-0.05, 0) is 43.2 Å². The first kappa shape index (κ1) is 33.6. The first-order chi connectivity index (χ1) is 19.2. The Labute approximate surface area is 239 Å². The monoisotopic (exact) mass is 575 g/mol. The number of aliphatic hydroxyl groups excluding tert-OH is 1. The number of para-hydroxylation sites is 1. The molecule has 0 spiro atoms. The van der Waals surface area contributed by atoms with Crippen molar-refractivity contribution in [2.24, 2.45) is 28.9 Å². The van der Waals surface area contributed by atoms with E-state index in [1.54, 1.807) is 44.2 Å². The Hall–Kier alpha value is -3.64. The Morgan fingerprint density at radius 3 is 2.27 bits per heavy atom. The third kappa shape index (κ3) is 8.92. The van der Waals surface area contributed by atoms with Gasteiger partial charge in [0.2, 0.25) is 11.8 Å². The summed E-state index contributed by atoms with van der Waals surface area (Å²) in [6.45, 7) is 6.84. The molecular weight excluding hydrogens is 534 g/mol. The molecule has 1 aromatic carbocycles. The summed E-state index contributed by atoms with van der Waals surface area (Å²) in [4.78, 5) is 77.1. The second-order valence-electron chi connectivity index (χ2n) is 11.3. The van der Waals surface area contributed by atoms with Crippen LogP contribution in [0.5, 0.6) is 5.75 Å². The number of rotatable bonds is 15. The zero-order chi connectivity index (χ0) is 30.9. The van der Waals surface area contributed by atoms with Gasteiger partial charge in [0, 0.05) is 24.8 Å². The number of aliphatic hydroxyl groups is 1. The Kier molecular flexibility index (Phi) is 12.1. The number of Topliss-reactive ketones (excluding diaryl/α,β-unsaturated/α-hetero) is 2. The van der Waals surface area contributed by atoms with Gasteiger partial charge in [0.05, 0.1) is 12.1 Å². The Morgan fingerprint density at radius 2 is 1.71 bits per heavy atom. The van der Waals surface area contributed by atoms with Crippen LogP contribution < -0.4 is 21.1 Å². The molecule has 1 aliphatic rings. The molecule has 1 unspecified atom stereocenters. The fourth-order valence-corrected chi connectivity index (χ4v) is 4.94. The predicted octanol–water partition coefficient (Wildman–Crippen LogP) is 0.983. The van der Waals surface area contributed by atoms with Crippen molar-refractivity contribution in [1.29, 1.82) is 0 Å². The molecule has 0 saturated heterocycles. The zero-order valence-corrected chi connectivity index (χ0v) is 23.9. The molecule has 2 rings (SSSR count). The smallest absolute Gasteiger partial charge is 0.303 e. The van der Waals surface area contributed by atoms with E-state index in [1.165, 1.54) is 0 Å². The number of ketones is 2. The summed E-state index contributed by atoms with van der Waals surface area (Å²) in [5, 5.41) is 24.3. The van der Waals surface area contributed by atoms with Gasteiger partial charge in [0.1, 0.15) is 5.75 Å². The van der Waals surface area contributed by atoms with E-state index in [1.807, 2.05) is 13.8 Å². The maximum Gasteiger partial charge on any atom is 0.303 e. The molecule has 226 valence electrons. The third-order valence-electron chi connectivity index (χ3n) is 7.26. The highest BCUT2D eigenvalue weighted by Crippen LogP contribution is 2.37. The van der Waals surface area contributed by atoms with E-state index in [9.17, 15) is 39.0 Å². The number of nitrogens with one attached hydrogen (secondary N) is 2. The van der Waals surface area contributed by atoms with Crippen molar-refractivity contribution in [3.63, 3.8) is 0 Å². The van der Waals surface area contributed by atoms with Crippen LogP contribution in [-0.4, -0.2) is 70.3 Å². The molecule has 1 saturated carbocycles. The molecule has 0 aromatic heterocycles. The minimum Gasteiger partial charge on any atom is -0.484 e. The second kappa shape index (κ2) is 14.8. The molecule has 1 aromatic rings. The van der Waals surface area contributed by atoms with E-state index in [4.69, 9.17) is 10.5 Å². The lowest BCUT2D eigenvalue weighted by molar-refractivity contribution is -0.150. The molecule has 6 N–H and O–H groups in total. The summed E-state index contributed by atoms with van der Waals surface area (Å²) < 4.78 is 5.35. The summed E-state index contributed by atoms with van der Waals surface area (Å²) in [7, 11) is 0. The van der Waals surface area contributed by atoms with Gasteiger partial charge >= 0.3 is 5.97 Å². The topological polar surface area (TPSA) is 202 Å². The molecule has 1 aliphatic carbocycles.